The van der Waals surface area contributed by atoms with Crippen molar-refractivity contribution in [2.75, 3.05) is 31.4 Å². The molecule has 0 aliphatic carbocycles. The van der Waals surface area contributed by atoms with Crippen LogP contribution in [0.15, 0.2) is 30.6 Å². The zero-order valence-corrected chi connectivity index (χ0v) is 17.4. The number of benzene rings is 2. The van der Waals surface area contributed by atoms with Crippen molar-refractivity contribution in [3.8, 4) is 11.5 Å². The maximum Gasteiger partial charge on any atom is 0.161 e. The summed E-state index contributed by atoms with van der Waals surface area (Å²) in [5, 5.41) is 3.98. The van der Waals surface area contributed by atoms with E-state index in [4.69, 9.17) is 36.3 Å². The van der Waals surface area contributed by atoms with Gasteiger partial charge in [-0.05, 0) is 24.6 Å². The minimum absolute atomic E-state index is 0.0116. The van der Waals surface area contributed by atoms with Gasteiger partial charge in [0.15, 0.2) is 11.9 Å². The Kier molecular flexibility index (Phi) is 5.17. The molecular formula is C21H20ClFN4O4. The monoisotopic (exact) mass is 446 g/mol. The molecule has 31 heavy (non-hydrogen) atoms. The van der Waals surface area contributed by atoms with Crippen molar-refractivity contribution in [1.29, 1.82) is 0 Å². The van der Waals surface area contributed by atoms with Crippen LogP contribution in [0.2, 0.25) is 5.02 Å². The van der Waals surface area contributed by atoms with Gasteiger partial charge in [-0.2, -0.15) is 0 Å². The molecule has 162 valence electrons. The maximum absolute atomic E-state index is 14.0. The standard InChI is InChI=1S/C21H20ClFN4O4/c1-28-19-11(24)7-13-17(18(19)22)21(26-9-25-13)27-12-3-2-10(23)6-15(12)31-16-8-30-14-4-5-29-20(14)16/h2-3,6-7,9,14,16,20H,4-5,8,24H2,1H3,(H,25,26,27)/t14-,16?,20+/m1/s1. The lowest BCUT2D eigenvalue weighted by Crippen LogP contribution is -2.32. The number of nitrogen functional groups attached to an aromatic ring is 1. The second kappa shape index (κ2) is 7.99. The van der Waals surface area contributed by atoms with Crippen molar-refractivity contribution in [1.82, 2.24) is 9.97 Å². The van der Waals surface area contributed by atoms with Gasteiger partial charge in [0.05, 0.1) is 47.1 Å². The lowest BCUT2D eigenvalue weighted by Gasteiger charge is -2.21. The second-order valence-electron chi connectivity index (χ2n) is 7.35. The number of aromatic nitrogens is 2. The van der Waals surface area contributed by atoms with Gasteiger partial charge in [0.2, 0.25) is 0 Å². The summed E-state index contributed by atoms with van der Waals surface area (Å²) in [7, 11) is 1.48. The fraction of sp³-hybridized carbons (Fsp3) is 0.333. The van der Waals surface area contributed by atoms with Crippen LogP contribution >= 0.6 is 11.6 Å². The predicted octanol–water partition coefficient (Wildman–Crippen LogP) is 3.69. The van der Waals surface area contributed by atoms with E-state index in [1.165, 1.54) is 25.6 Å². The number of fused-ring (bicyclic) bond motifs is 2. The zero-order chi connectivity index (χ0) is 21.5. The lowest BCUT2D eigenvalue weighted by molar-refractivity contribution is 0.0310. The van der Waals surface area contributed by atoms with Crippen LogP contribution in [0.25, 0.3) is 10.9 Å². The van der Waals surface area contributed by atoms with E-state index in [0.29, 0.717) is 52.8 Å². The van der Waals surface area contributed by atoms with E-state index in [0.717, 1.165) is 6.42 Å². The molecule has 3 heterocycles. The van der Waals surface area contributed by atoms with Crippen LogP contribution in [-0.2, 0) is 9.47 Å². The average molecular weight is 447 g/mol. The Bertz CT molecular complexity index is 1150. The van der Waals surface area contributed by atoms with E-state index < -0.39 is 5.82 Å². The Labute approximate surface area is 182 Å². The van der Waals surface area contributed by atoms with Gasteiger partial charge in [-0.15, -0.1) is 0 Å². The van der Waals surface area contributed by atoms with E-state index in [-0.39, 0.29) is 23.3 Å². The van der Waals surface area contributed by atoms with Gasteiger partial charge in [-0.3, -0.25) is 0 Å². The van der Waals surface area contributed by atoms with Crippen molar-refractivity contribution < 1.29 is 23.3 Å². The molecule has 1 aromatic heterocycles. The molecule has 10 heteroatoms. The van der Waals surface area contributed by atoms with Gasteiger partial charge >= 0.3 is 0 Å². The van der Waals surface area contributed by atoms with Gasteiger partial charge in [-0.25, -0.2) is 14.4 Å². The fourth-order valence-electron chi connectivity index (χ4n) is 4.00. The first-order valence-corrected chi connectivity index (χ1v) is 10.2. The Hall–Kier alpha value is -2.88. The molecule has 0 amide bonds. The molecule has 1 unspecified atom stereocenters. The van der Waals surface area contributed by atoms with Crippen LogP contribution in [0, 0.1) is 5.82 Å². The minimum atomic E-state index is -0.427. The molecular weight excluding hydrogens is 427 g/mol. The van der Waals surface area contributed by atoms with Crippen LogP contribution in [0.3, 0.4) is 0 Å². The Morgan fingerprint density at radius 2 is 2.13 bits per heavy atom. The Morgan fingerprint density at radius 1 is 1.26 bits per heavy atom. The van der Waals surface area contributed by atoms with Crippen LogP contribution in [0.5, 0.6) is 11.5 Å². The summed E-state index contributed by atoms with van der Waals surface area (Å²) in [4.78, 5) is 8.56. The van der Waals surface area contributed by atoms with E-state index in [1.807, 2.05) is 0 Å². The summed E-state index contributed by atoms with van der Waals surface area (Å²) in [5.41, 5.74) is 7.41. The molecule has 0 radical (unpaired) electrons. The predicted molar refractivity (Wildman–Crippen MR) is 114 cm³/mol. The highest BCUT2D eigenvalue weighted by molar-refractivity contribution is 6.38. The molecule has 2 aromatic carbocycles. The fourth-order valence-corrected chi connectivity index (χ4v) is 4.37. The zero-order valence-electron chi connectivity index (χ0n) is 16.6. The number of ether oxygens (including phenoxy) is 4. The SMILES string of the molecule is COc1c(N)cc2ncnc(Nc3ccc(F)cc3OC3CO[C@@H]4CCO[C@H]34)c2c1Cl. The highest BCUT2D eigenvalue weighted by Crippen LogP contribution is 2.41. The number of hydrogen-bond donors (Lipinski definition) is 2. The molecule has 8 nitrogen and oxygen atoms in total. The number of nitrogens with zero attached hydrogens (tertiary/aromatic N) is 2. The number of halogens is 2. The number of anilines is 3. The summed E-state index contributed by atoms with van der Waals surface area (Å²) in [5.74, 6) is 0.621. The summed E-state index contributed by atoms with van der Waals surface area (Å²) in [6, 6.07) is 5.87. The molecule has 0 spiro atoms. The Balaban J connectivity index is 1.51. The molecule has 2 aliphatic heterocycles. The van der Waals surface area contributed by atoms with Gasteiger partial charge in [0.25, 0.3) is 0 Å². The van der Waals surface area contributed by atoms with Crippen molar-refractivity contribution >= 4 is 39.7 Å². The first-order chi connectivity index (χ1) is 15.0. The van der Waals surface area contributed by atoms with E-state index >= 15 is 0 Å². The second-order valence-corrected chi connectivity index (χ2v) is 7.73. The van der Waals surface area contributed by atoms with Crippen molar-refractivity contribution in [3.63, 3.8) is 0 Å². The third-order valence-electron chi connectivity index (χ3n) is 5.45. The number of hydrogen-bond acceptors (Lipinski definition) is 8. The molecule has 2 saturated heterocycles. The molecule has 3 N–H and O–H groups in total. The molecule has 0 bridgehead atoms. The third kappa shape index (κ3) is 3.58. The smallest absolute Gasteiger partial charge is 0.161 e. The van der Waals surface area contributed by atoms with Crippen LogP contribution < -0.4 is 20.5 Å². The molecule has 5 rings (SSSR count). The van der Waals surface area contributed by atoms with Crippen LogP contribution in [0.4, 0.5) is 21.6 Å². The van der Waals surface area contributed by atoms with Crippen LogP contribution in [-0.4, -0.2) is 48.6 Å². The maximum atomic E-state index is 14.0. The summed E-state index contributed by atoms with van der Waals surface area (Å²) < 4.78 is 36.9. The Morgan fingerprint density at radius 3 is 2.97 bits per heavy atom. The van der Waals surface area contributed by atoms with E-state index in [1.54, 1.807) is 12.1 Å². The van der Waals surface area contributed by atoms with E-state index in [2.05, 4.69) is 15.3 Å². The summed E-state index contributed by atoms with van der Waals surface area (Å²) in [6.07, 6.45) is 1.73. The summed E-state index contributed by atoms with van der Waals surface area (Å²) in [6.45, 7) is 1.00. The van der Waals surface area contributed by atoms with Crippen molar-refractivity contribution in [2.24, 2.45) is 0 Å². The molecule has 3 aromatic rings. The van der Waals surface area contributed by atoms with E-state index in [9.17, 15) is 4.39 Å². The first-order valence-electron chi connectivity index (χ1n) is 9.78. The number of nitrogens with two attached hydrogens (primary N) is 1. The average Bonchev–Trinajstić information content (AvgIpc) is 3.35. The van der Waals surface area contributed by atoms with Gasteiger partial charge in [0, 0.05) is 12.7 Å². The molecule has 0 saturated carbocycles. The largest absolute Gasteiger partial charge is 0.493 e. The number of methoxy groups -OCH3 is 1. The third-order valence-corrected chi connectivity index (χ3v) is 5.81. The van der Waals surface area contributed by atoms with Crippen molar-refractivity contribution in [3.05, 3.63) is 41.4 Å². The lowest BCUT2D eigenvalue weighted by atomic mass is 10.1. The van der Waals surface area contributed by atoms with Gasteiger partial charge in [-0.1, -0.05) is 11.6 Å². The molecule has 3 atom stereocenters. The molecule has 2 fully saturated rings. The van der Waals surface area contributed by atoms with Gasteiger partial charge < -0.3 is 30.0 Å². The first kappa shape index (κ1) is 20.0. The molecule has 2 aliphatic rings. The van der Waals surface area contributed by atoms with Gasteiger partial charge in [0.1, 0.15) is 29.8 Å². The topological polar surface area (TPSA) is 101 Å². The van der Waals surface area contributed by atoms with Crippen molar-refractivity contribution in [2.45, 2.75) is 24.7 Å². The number of rotatable bonds is 5. The highest BCUT2D eigenvalue weighted by atomic mass is 35.5. The number of nitrogens with one attached hydrogen (secondary N) is 1. The normalized spacial score (nSPS) is 22.5. The minimum Gasteiger partial charge on any atom is -0.493 e. The highest BCUT2D eigenvalue weighted by Gasteiger charge is 2.43. The van der Waals surface area contributed by atoms with Crippen LogP contribution in [0.1, 0.15) is 6.42 Å². The quantitative estimate of drug-likeness (QED) is 0.572. The summed E-state index contributed by atoms with van der Waals surface area (Å²) >= 11 is 6.53.